The van der Waals surface area contributed by atoms with E-state index in [1.807, 2.05) is 13.8 Å². The maximum Gasteiger partial charge on any atom is 0.340 e. The normalized spacial score (nSPS) is 9.72. The first-order valence-electron chi connectivity index (χ1n) is 7.47. The summed E-state index contributed by atoms with van der Waals surface area (Å²) in [7, 11) is 1.04. The quantitative estimate of drug-likeness (QED) is 0.635. The standard InChI is InChI=1S/C16H12F3NO3.C2H6/c1-8-3-4-12(11(17)5-8)20-15-10(16(22)23-2)6-9(7-21)13(18)14(15)19;1-2/h3-7,20H,1-2H3;1-2H3. The lowest BCUT2D eigenvalue weighted by Gasteiger charge is -2.14. The van der Waals surface area contributed by atoms with E-state index in [1.54, 1.807) is 13.0 Å². The Bertz CT molecular complexity index is 792. The maximum atomic E-state index is 14.2. The van der Waals surface area contributed by atoms with E-state index in [0.29, 0.717) is 5.56 Å². The van der Waals surface area contributed by atoms with Crippen LogP contribution in [0.15, 0.2) is 24.3 Å². The van der Waals surface area contributed by atoms with Crippen LogP contribution in [0.2, 0.25) is 0 Å². The summed E-state index contributed by atoms with van der Waals surface area (Å²) < 4.78 is 46.3. The van der Waals surface area contributed by atoms with E-state index in [2.05, 4.69) is 10.1 Å². The van der Waals surface area contributed by atoms with Crippen LogP contribution in [-0.2, 0) is 4.74 Å². The number of ether oxygens (including phenoxy) is 1. The van der Waals surface area contributed by atoms with E-state index in [9.17, 15) is 22.8 Å². The van der Waals surface area contributed by atoms with Gasteiger partial charge in [-0.1, -0.05) is 19.9 Å². The third-order valence-corrected chi connectivity index (χ3v) is 3.15. The molecule has 4 nitrogen and oxygen atoms in total. The molecule has 0 aliphatic carbocycles. The van der Waals surface area contributed by atoms with Crippen LogP contribution in [0.25, 0.3) is 0 Å². The van der Waals surface area contributed by atoms with Crippen LogP contribution in [0.1, 0.15) is 40.1 Å². The molecule has 0 saturated heterocycles. The number of hydrogen-bond acceptors (Lipinski definition) is 4. The molecule has 0 aliphatic heterocycles. The average Bonchev–Trinajstić information content (AvgIpc) is 2.62. The molecule has 0 saturated carbocycles. The van der Waals surface area contributed by atoms with Crippen LogP contribution in [0, 0.1) is 24.4 Å². The van der Waals surface area contributed by atoms with Gasteiger partial charge in [-0.2, -0.15) is 0 Å². The Balaban J connectivity index is 0.00000151. The minimum absolute atomic E-state index is 0.0705. The first-order chi connectivity index (χ1) is 11.9. The second kappa shape index (κ2) is 8.86. The minimum atomic E-state index is -1.48. The zero-order chi connectivity index (χ0) is 19.1. The van der Waals surface area contributed by atoms with Crippen molar-refractivity contribution >= 4 is 23.6 Å². The molecule has 0 heterocycles. The van der Waals surface area contributed by atoms with E-state index >= 15 is 0 Å². The summed E-state index contributed by atoms with van der Waals surface area (Å²) in [5.41, 5.74) is -1.20. The molecule has 0 spiro atoms. The average molecular weight is 353 g/mol. The summed E-state index contributed by atoms with van der Waals surface area (Å²) in [5, 5.41) is 2.34. The van der Waals surface area contributed by atoms with Gasteiger partial charge in [0, 0.05) is 0 Å². The fraction of sp³-hybridized carbons (Fsp3) is 0.222. The molecule has 0 unspecified atom stereocenters. The third kappa shape index (κ3) is 4.37. The summed E-state index contributed by atoms with van der Waals surface area (Å²) >= 11 is 0. The van der Waals surface area contributed by atoms with Crippen LogP contribution in [0.5, 0.6) is 0 Å². The number of benzene rings is 2. The van der Waals surface area contributed by atoms with Gasteiger partial charge in [-0.25, -0.2) is 18.0 Å². The van der Waals surface area contributed by atoms with Gasteiger partial charge in [0.05, 0.1) is 29.6 Å². The lowest BCUT2D eigenvalue weighted by molar-refractivity contribution is 0.0601. The molecule has 0 amide bonds. The van der Waals surface area contributed by atoms with Gasteiger partial charge in [-0.05, 0) is 30.7 Å². The van der Waals surface area contributed by atoms with E-state index < -0.39 is 40.2 Å². The first kappa shape index (κ1) is 20.2. The molecule has 0 bridgehead atoms. The molecule has 0 radical (unpaired) electrons. The number of rotatable bonds is 4. The minimum Gasteiger partial charge on any atom is -0.465 e. The van der Waals surface area contributed by atoms with Crippen molar-refractivity contribution in [1.82, 2.24) is 0 Å². The second-order valence-corrected chi connectivity index (χ2v) is 4.73. The molecule has 25 heavy (non-hydrogen) atoms. The second-order valence-electron chi connectivity index (χ2n) is 4.73. The highest BCUT2D eigenvalue weighted by Gasteiger charge is 2.23. The maximum absolute atomic E-state index is 14.2. The topological polar surface area (TPSA) is 55.4 Å². The van der Waals surface area contributed by atoms with Gasteiger partial charge in [0.15, 0.2) is 17.9 Å². The van der Waals surface area contributed by atoms with Crippen LogP contribution < -0.4 is 5.32 Å². The largest absolute Gasteiger partial charge is 0.465 e. The van der Waals surface area contributed by atoms with Crippen LogP contribution >= 0.6 is 0 Å². The van der Waals surface area contributed by atoms with E-state index in [4.69, 9.17) is 0 Å². The lowest BCUT2D eigenvalue weighted by Crippen LogP contribution is -2.11. The number of aryl methyl sites for hydroxylation is 1. The Hall–Kier alpha value is -2.83. The van der Waals surface area contributed by atoms with Crippen molar-refractivity contribution in [3.63, 3.8) is 0 Å². The molecule has 2 aromatic rings. The molecular weight excluding hydrogens is 335 g/mol. The van der Waals surface area contributed by atoms with E-state index in [-0.39, 0.29) is 12.0 Å². The van der Waals surface area contributed by atoms with Crippen molar-refractivity contribution < 1.29 is 27.5 Å². The van der Waals surface area contributed by atoms with Crippen LogP contribution in [-0.4, -0.2) is 19.4 Å². The summed E-state index contributed by atoms with van der Waals surface area (Å²) in [5.74, 6) is -4.63. The molecule has 0 atom stereocenters. The molecule has 2 rings (SSSR count). The third-order valence-electron chi connectivity index (χ3n) is 3.15. The number of anilines is 2. The summed E-state index contributed by atoms with van der Waals surface area (Å²) in [6, 6.07) is 4.90. The number of carbonyl (C=O) groups is 2. The zero-order valence-corrected chi connectivity index (χ0v) is 14.2. The fourth-order valence-electron chi connectivity index (χ4n) is 1.98. The SMILES string of the molecule is CC.COC(=O)c1cc(C=O)c(F)c(F)c1Nc1ccc(C)cc1F. The van der Waals surface area contributed by atoms with Gasteiger partial charge in [0.2, 0.25) is 0 Å². The highest BCUT2D eigenvalue weighted by atomic mass is 19.2. The van der Waals surface area contributed by atoms with Crippen molar-refractivity contribution in [3.8, 4) is 0 Å². The van der Waals surface area contributed by atoms with E-state index in [0.717, 1.165) is 13.2 Å². The van der Waals surface area contributed by atoms with Gasteiger partial charge in [0.25, 0.3) is 0 Å². The smallest absolute Gasteiger partial charge is 0.340 e. The molecule has 1 N–H and O–H groups in total. The predicted molar refractivity (Wildman–Crippen MR) is 88.9 cm³/mol. The Kier molecular flexibility index (Phi) is 7.17. The van der Waals surface area contributed by atoms with Crippen molar-refractivity contribution in [2.75, 3.05) is 12.4 Å². The Morgan fingerprint density at radius 2 is 1.76 bits per heavy atom. The predicted octanol–water partition coefficient (Wildman–Crippen LogP) is 4.78. The Labute approximate surface area is 143 Å². The van der Waals surface area contributed by atoms with Gasteiger partial charge >= 0.3 is 5.97 Å². The molecule has 7 heteroatoms. The first-order valence-corrected chi connectivity index (χ1v) is 7.47. The number of halogens is 3. The van der Waals surface area contributed by atoms with Gasteiger partial charge in [-0.15, -0.1) is 0 Å². The summed E-state index contributed by atoms with van der Waals surface area (Å²) in [6.07, 6.45) is 0.0705. The van der Waals surface area contributed by atoms with Crippen molar-refractivity contribution in [1.29, 1.82) is 0 Å². The molecule has 134 valence electrons. The molecular formula is C18H18F3NO3. The van der Waals surface area contributed by atoms with Crippen molar-refractivity contribution in [3.05, 3.63) is 58.4 Å². The molecule has 0 aliphatic rings. The summed E-state index contributed by atoms with van der Waals surface area (Å²) in [6.45, 7) is 5.66. The van der Waals surface area contributed by atoms with Gasteiger partial charge < -0.3 is 10.1 Å². The van der Waals surface area contributed by atoms with E-state index in [1.165, 1.54) is 12.1 Å². The number of aldehydes is 1. The van der Waals surface area contributed by atoms with Crippen molar-refractivity contribution in [2.45, 2.75) is 20.8 Å². The molecule has 0 aromatic heterocycles. The van der Waals surface area contributed by atoms with Crippen LogP contribution in [0.4, 0.5) is 24.5 Å². The Morgan fingerprint density at radius 1 is 1.12 bits per heavy atom. The highest BCUT2D eigenvalue weighted by molar-refractivity contribution is 5.98. The zero-order valence-electron chi connectivity index (χ0n) is 14.2. The molecule has 2 aromatic carbocycles. The number of esters is 1. The van der Waals surface area contributed by atoms with Gasteiger partial charge in [-0.3, -0.25) is 4.79 Å². The fourth-order valence-corrected chi connectivity index (χ4v) is 1.98. The van der Waals surface area contributed by atoms with Crippen LogP contribution in [0.3, 0.4) is 0 Å². The number of carbonyl (C=O) groups excluding carboxylic acids is 2. The summed E-state index contributed by atoms with van der Waals surface area (Å²) in [4.78, 5) is 22.5. The lowest BCUT2D eigenvalue weighted by atomic mass is 10.1. The number of methoxy groups -OCH3 is 1. The van der Waals surface area contributed by atoms with Crippen molar-refractivity contribution in [2.24, 2.45) is 0 Å². The monoisotopic (exact) mass is 353 g/mol. The van der Waals surface area contributed by atoms with Gasteiger partial charge in [0.1, 0.15) is 5.82 Å². The number of nitrogens with one attached hydrogen (secondary N) is 1. The highest BCUT2D eigenvalue weighted by Crippen LogP contribution is 2.30. The number of hydrogen-bond donors (Lipinski definition) is 1. The Morgan fingerprint density at radius 3 is 2.28 bits per heavy atom. The molecule has 0 fully saturated rings.